The minimum absolute atomic E-state index is 0.00228. The molecular formula is C56H74F2N8O14S. The molecule has 3 atom stereocenters. The van der Waals surface area contributed by atoms with Crippen LogP contribution in [0.2, 0.25) is 0 Å². The van der Waals surface area contributed by atoms with Gasteiger partial charge in [-0.05, 0) is 59.4 Å². The van der Waals surface area contributed by atoms with E-state index in [0.717, 1.165) is 35.5 Å². The second kappa shape index (κ2) is 35.4. The zero-order valence-corrected chi connectivity index (χ0v) is 46.7. The van der Waals surface area contributed by atoms with E-state index in [4.69, 9.17) is 29.8 Å². The molecule has 81 heavy (non-hydrogen) atoms. The summed E-state index contributed by atoms with van der Waals surface area (Å²) in [5.74, 6) is -7.60. The van der Waals surface area contributed by atoms with Crippen LogP contribution in [0.3, 0.4) is 0 Å². The second-order valence-corrected chi connectivity index (χ2v) is 20.7. The number of aliphatic carboxylic acids is 2. The van der Waals surface area contributed by atoms with E-state index in [-0.39, 0.29) is 134 Å². The highest BCUT2D eigenvalue weighted by molar-refractivity contribution is 8.00. The summed E-state index contributed by atoms with van der Waals surface area (Å²) >= 11 is 0.979. The maximum absolute atomic E-state index is 15.4. The first-order valence-electron chi connectivity index (χ1n) is 26.3. The Bertz CT molecular complexity index is 2660. The largest absolute Gasteiger partial charge is 0.481 e. The number of primary amides is 1. The molecule has 0 aliphatic rings. The molecule has 4 aromatic rings. The van der Waals surface area contributed by atoms with Crippen molar-refractivity contribution in [2.45, 2.75) is 84.0 Å². The van der Waals surface area contributed by atoms with Crippen molar-refractivity contribution in [3.8, 4) is 11.1 Å². The number of hydrogen-bond donors (Lipinski definition) is 7. The molecule has 22 nitrogen and oxygen atoms in total. The first-order chi connectivity index (χ1) is 38.7. The molecule has 25 heteroatoms. The normalized spacial score (nSPS) is 12.4. The lowest BCUT2D eigenvalue weighted by atomic mass is 9.83. The molecule has 0 unspecified atom stereocenters. The number of carboxylic acids is 2. The Morgan fingerprint density at radius 1 is 0.728 bits per heavy atom. The Labute approximate surface area is 473 Å². The standard InChI is InChI=1S/C56H74F2N8O14S/c1-56(2,3)53(46-31-40(42-32-41(57)10-11-43(42)58)35-65(46)34-39-8-5-4-6-9-39)66(21-7-17-62-54(74)44(33-47(59)67)63-50(70)30-38-14-18-60-19-15-38)51(71)37-81-36-45(55(75)76)64-49(69)16-22-77-24-26-79-28-29-80-27-25-78-23-20-61-48(68)12-13-52(72)73/h4-6,8-11,14-15,18-19,31-32,35,44-45,53H,7,12-13,16-17,20-30,33-34,36-37H2,1-3H3,(H2,59,67)(H,61,68)(H,62,74)(H,63,70)(H,64,69)(H,72,73)(H,75,76)/t44-,45-,53-/m0/s1. The zero-order chi connectivity index (χ0) is 59.2. The molecule has 0 saturated heterocycles. The number of carboxylic acid groups (broad SMARTS) is 2. The molecule has 8 N–H and O–H groups in total. The average molecular weight is 1150 g/mol. The highest BCUT2D eigenvalue weighted by atomic mass is 32.2. The third kappa shape index (κ3) is 25.3. The summed E-state index contributed by atoms with van der Waals surface area (Å²) in [6, 6.07) is 14.1. The van der Waals surface area contributed by atoms with Crippen LogP contribution in [0.4, 0.5) is 8.78 Å². The fourth-order valence-electron chi connectivity index (χ4n) is 8.22. The molecule has 2 aromatic carbocycles. The van der Waals surface area contributed by atoms with E-state index in [2.05, 4.69) is 26.3 Å². The summed E-state index contributed by atoms with van der Waals surface area (Å²) in [6.07, 6.45) is 3.79. The SMILES string of the molecule is CC(C)(C)[C@H](c1cc(-c2cc(F)ccc2F)cn1Cc1ccccc1)N(CCCNC(=O)[C@H](CC(N)=O)NC(=O)Cc1ccncc1)C(=O)CSC[C@H](NC(=O)CCOCCOCCOCCOCCNC(=O)CCC(=O)O)C(=O)O. The molecular weight excluding hydrogens is 1080 g/mol. The Kier molecular flexibility index (Phi) is 28.9. The van der Waals surface area contributed by atoms with Gasteiger partial charge in [0.05, 0.1) is 83.9 Å². The Morgan fingerprint density at radius 3 is 2.00 bits per heavy atom. The Balaban J connectivity index is 1.38. The summed E-state index contributed by atoms with van der Waals surface area (Å²) in [5.41, 5.74) is 7.13. The van der Waals surface area contributed by atoms with Crippen LogP contribution in [0.1, 0.15) is 75.7 Å². The van der Waals surface area contributed by atoms with Crippen LogP contribution in [0.5, 0.6) is 0 Å². The molecule has 0 aliphatic heterocycles. The molecule has 2 heterocycles. The lowest BCUT2D eigenvalue weighted by Gasteiger charge is -2.41. The van der Waals surface area contributed by atoms with E-state index in [1.807, 2.05) is 55.7 Å². The van der Waals surface area contributed by atoms with Gasteiger partial charge in [-0.25, -0.2) is 13.6 Å². The lowest BCUT2D eigenvalue weighted by molar-refractivity contribution is -0.141. The summed E-state index contributed by atoms with van der Waals surface area (Å²) in [4.78, 5) is 106. The molecule has 4 rings (SSSR count). The van der Waals surface area contributed by atoms with Gasteiger partial charge in [-0.3, -0.25) is 38.5 Å². The van der Waals surface area contributed by atoms with E-state index >= 15 is 4.39 Å². The van der Waals surface area contributed by atoms with Gasteiger partial charge in [0, 0.05) is 80.2 Å². The van der Waals surface area contributed by atoms with Gasteiger partial charge in [-0.1, -0.05) is 51.1 Å². The number of nitrogens with zero attached hydrogens (tertiary/aromatic N) is 3. The fourth-order valence-corrected chi connectivity index (χ4v) is 9.14. The quantitative estimate of drug-likeness (QED) is 0.0314. The van der Waals surface area contributed by atoms with E-state index in [0.29, 0.717) is 16.8 Å². The number of nitrogens with one attached hydrogen (secondary N) is 4. The maximum atomic E-state index is 15.4. The fraction of sp³-hybridized carbons (Fsp3) is 0.482. The minimum atomic E-state index is -1.38. The van der Waals surface area contributed by atoms with Crippen LogP contribution >= 0.6 is 11.8 Å². The van der Waals surface area contributed by atoms with Gasteiger partial charge in [-0.2, -0.15) is 0 Å². The van der Waals surface area contributed by atoms with Crippen molar-refractivity contribution in [2.24, 2.45) is 11.1 Å². The zero-order valence-electron chi connectivity index (χ0n) is 45.8. The van der Waals surface area contributed by atoms with E-state index < -0.39 is 83.1 Å². The predicted molar refractivity (Wildman–Crippen MR) is 295 cm³/mol. The number of benzene rings is 2. The molecule has 0 radical (unpaired) electrons. The smallest absolute Gasteiger partial charge is 0.327 e. The topological polar surface area (TPSA) is 309 Å². The van der Waals surface area contributed by atoms with E-state index in [1.54, 1.807) is 29.3 Å². The predicted octanol–water partition coefficient (Wildman–Crippen LogP) is 3.64. The first-order valence-corrected chi connectivity index (χ1v) is 27.5. The van der Waals surface area contributed by atoms with Crippen molar-refractivity contribution in [1.82, 2.24) is 35.7 Å². The maximum Gasteiger partial charge on any atom is 0.327 e. The highest BCUT2D eigenvalue weighted by Crippen LogP contribution is 2.41. The van der Waals surface area contributed by atoms with Crippen LogP contribution in [-0.2, 0) is 70.3 Å². The molecule has 6 amide bonds. The van der Waals surface area contributed by atoms with Crippen molar-refractivity contribution >= 4 is 59.1 Å². The molecule has 0 bridgehead atoms. The van der Waals surface area contributed by atoms with Crippen LogP contribution in [0.25, 0.3) is 11.1 Å². The number of pyridine rings is 1. The number of rotatable bonds is 39. The van der Waals surface area contributed by atoms with Crippen molar-refractivity contribution in [2.75, 3.05) is 84.0 Å². The average Bonchev–Trinajstić information content (AvgIpc) is 3.82. The number of aromatic nitrogens is 2. The number of nitrogens with two attached hydrogens (primary N) is 1. The third-order valence-electron chi connectivity index (χ3n) is 12.0. The van der Waals surface area contributed by atoms with Crippen molar-refractivity contribution < 1.29 is 76.3 Å². The molecule has 2 aromatic heterocycles. The van der Waals surface area contributed by atoms with Crippen molar-refractivity contribution in [3.63, 3.8) is 0 Å². The third-order valence-corrected chi connectivity index (χ3v) is 13.0. The monoisotopic (exact) mass is 1150 g/mol. The van der Waals surface area contributed by atoms with Gasteiger partial charge in [0.25, 0.3) is 0 Å². The number of carbonyl (C=O) groups excluding carboxylic acids is 6. The minimum Gasteiger partial charge on any atom is -0.481 e. The molecule has 0 fully saturated rings. The molecule has 0 saturated carbocycles. The molecule has 0 aliphatic carbocycles. The van der Waals surface area contributed by atoms with Crippen molar-refractivity contribution in [3.05, 3.63) is 114 Å². The lowest BCUT2D eigenvalue weighted by Crippen LogP contribution is -2.49. The van der Waals surface area contributed by atoms with Crippen LogP contribution in [-0.4, -0.2) is 168 Å². The second-order valence-electron chi connectivity index (χ2n) is 19.6. The Hall–Kier alpha value is -7.32. The van der Waals surface area contributed by atoms with E-state index in [1.165, 1.54) is 12.4 Å². The number of carbonyl (C=O) groups is 8. The number of amides is 6. The Morgan fingerprint density at radius 2 is 1.37 bits per heavy atom. The molecule has 442 valence electrons. The number of hydrogen-bond acceptors (Lipinski definition) is 14. The number of thioether (sulfide) groups is 1. The number of halogens is 2. The van der Waals surface area contributed by atoms with Gasteiger partial charge >= 0.3 is 11.9 Å². The summed E-state index contributed by atoms with van der Waals surface area (Å²) < 4.78 is 53.7. The van der Waals surface area contributed by atoms with Gasteiger partial charge < -0.3 is 65.6 Å². The number of ether oxygens (including phenoxy) is 4. The summed E-state index contributed by atoms with van der Waals surface area (Å²) in [7, 11) is 0. The van der Waals surface area contributed by atoms with Gasteiger partial charge in [0.1, 0.15) is 23.7 Å². The van der Waals surface area contributed by atoms with Crippen LogP contribution < -0.4 is 27.0 Å². The summed E-state index contributed by atoms with van der Waals surface area (Å²) in [5, 5.41) is 29.1. The molecule has 0 spiro atoms. The highest BCUT2D eigenvalue weighted by Gasteiger charge is 2.37. The van der Waals surface area contributed by atoms with Gasteiger partial charge in [-0.15, -0.1) is 11.8 Å². The summed E-state index contributed by atoms with van der Waals surface area (Å²) in [6.45, 7) is 7.88. The van der Waals surface area contributed by atoms with Gasteiger partial charge in [0.2, 0.25) is 35.4 Å². The van der Waals surface area contributed by atoms with E-state index in [9.17, 15) is 47.9 Å². The van der Waals surface area contributed by atoms with Crippen LogP contribution in [0.15, 0.2) is 85.3 Å². The van der Waals surface area contributed by atoms with Crippen molar-refractivity contribution in [1.29, 1.82) is 0 Å². The van der Waals surface area contributed by atoms with Crippen LogP contribution in [0, 0.1) is 17.0 Å². The van der Waals surface area contributed by atoms with Gasteiger partial charge in [0.15, 0.2) is 0 Å². The first kappa shape index (κ1) is 66.2.